The van der Waals surface area contributed by atoms with E-state index in [0.29, 0.717) is 0 Å². The summed E-state index contributed by atoms with van der Waals surface area (Å²) >= 11 is 0. The third-order valence-electron chi connectivity index (χ3n) is 5.52. The van der Waals surface area contributed by atoms with E-state index in [2.05, 4.69) is 46.4 Å². The largest absolute Gasteiger partial charge is 0.355 e. The number of fused-ring (bicyclic) bond motifs is 6. The van der Waals surface area contributed by atoms with Gasteiger partial charge in [-0.2, -0.15) is 0 Å². The molecule has 0 amide bonds. The Balaban J connectivity index is 1.60. The summed E-state index contributed by atoms with van der Waals surface area (Å²) in [7, 11) is 5.99. The minimum atomic E-state index is -0.225. The topological polar surface area (TPSA) is 31.6 Å². The molecule has 0 saturated carbocycles. The fourth-order valence-electron chi connectivity index (χ4n) is 4.14. The van der Waals surface area contributed by atoms with Crippen molar-refractivity contribution in [2.45, 2.75) is 0 Å². The van der Waals surface area contributed by atoms with Crippen LogP contribution in [-0.4, -0.2) is 17.8 Å². The maximum absolute atomic E-state index is 13.8. The molecule has 28 heavy (non-hydrogen) atoms. The van der Waals surface area contributed by atoms with Gasteiger partial charge in [0.05, 0.1) is 0 Å². The van der Waals surface area contributed by atoms with Gasteiger partial charge in [0.25, 0.3) is 0 Å². The van der Waals surface area contributed by atoms with E-state index in [4.69, 9.17) is 7.85 Å². The molecule has 0 fully saturated rings. The maximum Gasteiger partial charge on any atom is 0.123 e. The first kappa shape index (κ1) is 15.5. The molecule has 2 radical (unpaired) electrons. The van der Waals surface area contributed by atoms with E-state index < -0.39 is 0 Å². The number of aromatic amines is 2. The summed E-state index contributed by atoms with van der Waals surface area (Å²) in [5.41, 5.74) is 7.06. The second-order valence-electron chi connectivity index (χ2n) is 7.27. The smallest absolute Gasteiger partial charge is 0.123 e. The van der Waals surface area contributed by atoms with Crippen LogP contribution in [-0.2, 0) is 0 Å². The molecule has 0 aliphatic heterocycles. The van der Waals surface area contributed by atoms with Crippen LogP contribution < -0.4 is 5.46 Å². The van der Waals surface area contributed by atoms with E-state index in [9.17, 15) is 4.39 Å². The molecule has 2 nitrogen and oxygen atoms in total. The van der Waals surface area contributed by atoms with Crippen LogP contribution in [0.4, 0.5) is 4.39 Å². The highest BCUT2D eigenvalue weighted by molar-refractivity contribution is 6.33. The molecule has 2 N–H and O–H groups in total. The minimum Gasteiger partial charge on any atom is -0.355 e. The molecule has 0 bridgehead atoms. The minimum absolute atomic E-state index is 0.225. The fourth-order valence-corrected chi connectivity index (χ4v) is 4.14. The van der Waals surface area contributed by atoms with Crippen molar-refractivity contribution in [3.05, 3.63) is 78.6 Å². The summed E-state index contributed by atoms with van der Waals surface area (Å²) < 4.78 is 13.8. The zero-order valence-electron chi connectivity index (χ0n) is 14.9. The monoisotopic (exact) mass is 360 g/mol. The zero-order chi connectivity index (χ0) is 18.8. The quantitative estimate of drug-likeness (QED) is 0.360. The van der Waals surface area contributed by atoms with Gasteiger partial charge in [-0.05, 0) is 59.7 Å². The first-order valence-electron chi connectivity index (χ1n) is 9.18. The molecule has 4 heteroatoms. The predicted molar refractivity (Wildman–Crippen MR) is 116 cm³/mol. The normalized spacial score (nSPS) is 11.9. The number of nitrogens with one attached hydrogen (secondary N) is 2. The van der Waals surface area contributed by atoms with Gasteiger partial charge < -0.3 is 9.97 Å². The van der Waals surface area contributed by atoms with E-state index in [0.717, 1.165) is 60.2 Å². The lowest BCUT2D eigenvalue weighted by Gasteiger charge is -2.04. The second kappa shape index (κ2) is 5.49. The Hall–Kier alpha value is -3.53. The third-order valence-corrected chi connectivity index (χ3v) is 5.52. The zero-order valence-corrected chi connectivity index (χ0v) is 14.9. The highest BCUT2D eigenvalue weighted by Crippen LogP contribution is 2.33. The number of hydrogen-bond acceptors (Lipinski definition) is 0. The Morgan fingerprint density at radius 3 is 1.61 bits per heavy atom. The summed E-state index contributed by atoms with van der Waals surface area (Å²) in [4.78, 5) is 6.79. The van der Waals surface area contributed by atoms with Crippen molar-refractivity contribution in [1.29, 1.82) is 0 Å². The Morgan fingerprint density at radius 1 is 0.536 bits per heavy atom. The van der Waals surface area contributed by atoms with Crippen molar-refractivity contribution < 1.29 is 4.39 Å². The number of rotatable bonds is 1. The van der Waals surface area contributed by atoms with Gasteiger partial charge in [0.15, 0.2) is 0 Å². The van der Waals surface area contributed by atoms with Gasteiger partial charge in [-0.25, -0.2) is 4.39 Å². The highest BCUT2D eigenvalue weighted by Gasteiger charge is 2.10. The van der Waals surface area contributed by atoms with E-state index >= 15 is 0 Å². The van der Waals surface area contributed by atoms with Crippen LogP contribution in [0.5, 0.6) is 0 Å². The van der Waals surface area contributed by atoms with Crippen LogP contribution in [0.1, 0.15) is 0 Å². The van der Waals surface area contributed by atoms with E-state index in [1.54, 1.807) is 12.1 Å². The Labute approximate surface area is 161 Å². The lowest BCUT2D eigenvalue weighted by molar-refractivity contribution is 0.630. The molecule has 0 atom stereocenters. The van der Waals surface area contributed by atoms with Gasteiger partial charge in [-0.15, -0.1) is 0 Å². The molecule has 0 saturated heterocycles. The summed E-state index contributed by atoms with van der Waals surface area (Å²) in [5.74, 6) is -0.225. The van der Waals surface area contributed by atoms with Crippen LogP contribution in [0.15, 0.2) is 72.8 Å². The number of halogens is 1. The van der Waals surface area contributed by atoms with Crippen LogP contribution >= 0.6 is 0 Å². The molecular formula is C24H14BFN2. The van der Waals surface area contributed by atoms with Crippen molar-refractivity contribution >= 4 is 56.9 Å². The van der Waals surface area contributed by atoms with E-state index in [1.165, 1.54) is 6.07 Å². The molecular weight excluding hydrogens is 346 g/mol. The van der Waals surface area contributed by atoms with Crippen LogP contribution in [0, 0.1) is 5.82 Å². The second-order valence-corrected chi connectivity index (χ2v) is 7.27. The molecule has 130 valence electrons. The van der Waals surface area contributed by atoms with E-state index in [-0.39, 0.29) is 5.82 Å². The molecule has 0 aliphatic carbocycles. The first-order valence-corrected chi connectivity index (χ1v) is 9.18. The van der Waals surface area contributed by atoms with Crippen molar-refractivity contribution in [3.8, 4) is 11.1 Å². The Morgan fingerprint density at radius 2 is 1.00 bits per heavy atom. The summed E-state index contributed by atoms with van der Waals surface area (Å²) in [6.45, 7) is 0. The molecule has 4 aromatic carbocycles. The SMILES string of the molecule is [B]c1ccc2[nH]c3ccc(-c4ccc5[nH]c6ccc(F)cc6c5c4)cc3c2c1. The summed E-state index contributed by atoms with van der Waals surface area (Å²) in [6, 6.07) is 23.4. The molecule has 2 heterocycles. The molecule has 0 spiro atoms. The van der Waals surface area contributed by atoms with Gasteiger partial charge in [0, 0.05) is 43.6 Å². The lowest BCUT2D eigenvalue weighted by Crippen LogP contribution is -1.98. The average Bonchev–Trinajstić information content (AvgIpc) is 3.24. The van der Waals surface area contributed by atoms with Gasteiger partial charge >= 0.3 is 0 Å². The van der Waals surface area contributed by atoms with Crippen LogP contribution in [0.25, 0.3) is 54.7 Å². The van der Waals surface area contributed by atoms with Crippen molar-refractivity contribution in [2.75, 3.05) is 0 Å². The number of hydrogen-bond donors (Lipinski definition) is 2. The molecule has 6 rings (SSSR count). The maximum atomic E-state index is 13.8. The average molecular weight is 360 g/mol. The van der Waals surface area contributed by atoms with Gasteiger partial charge in [-0.3, -0.25) is 0 Å². The Bertz CT molecular complexity index is 1420. The van der Waals surface area contributed by atoms with Crippen molar-refractivity contribution in [3.63, 3.8) is 0 Å². The Kier molecular flexibility index (Phi) is 3.04. The standard InChI is InChI=1S/C24H14BFN2/c25-15-3-7-23-19(11-15)17-9-13(1-5-21(17)27-23)14-2-6-22-18(10-14)20-12-16(26)4-8-24(20)28-22/h1-12,27-28H. The van der Waals surface area contributed by atoms with Gasteiger partial charge in [0.2, 0.25) is 0 Å². The molecule has 6 aromatic rings. The van der Waals surface area contributed by atoms with Crippen molar-refractivity contribution in [1.82, 2.24) is 9.97 Å². The van der Waals surface area contributed by atoms with E-state index in [1.807, 2.05) is 18.2 Å². The molecule has 0 unspecified atom stereocenters. The summed E-state index contributed by atoms with van der Waals surface area (Å²) in [6.07, 6.45) is 0. The van der Waals surface area contributed by atoms with Gasteiger partial charge in [0.1, 0.15) is 13.7 Å². The number of aromatic nitrogens is 2. The van der Waals surface area contributed by atoms with Crippen molar-refractivity contribution in [2.24, 2.45) is 0 Å². The van der Waals surface area contributed by atoms with Gasteiger partial charge in [-0.1, -0.05) is 29.7 Å². The predicted octanol–water partition coefficient (Wildman–Crippen LogP) is 5.56. The highest BCUT2D eigenvalue weighted by atomic mass is 19.1. The molecule has 2 aromatic heterocycles. The first-order chi connectivity index (χ1) is 13.7. The third kappa shape index (κ3) is 2.21. The van der Waals surface area contributed by atoms with Crippen LogP contribution in [0.3, 0.4) is 0 Å². The number of benzene rings is 4. The summed E-state index contributed by atoms with van der Waals surface area (Å²) in [5, 5.41) is 4.19. The number of H-pyrrole nitrogens is 2. The molecule has 0 aliphatic rings. The van der Waals surface area contributed by atoms with Crippen LogP contribution in [0.2, 0.25) is 0 Å². The lowest BCUT2D eigenvalue weighted by atomic mass is 9.94. The fraction of sp³-hybridized carbons (Fsp3) is 0.